The number of anilines is 3. The highest BCUT2D eigenvalue weighted by Crippen LogP contribution is 2.39. The number of benzene rings is 1. The molecule has 1 fully saturated rings. The van der Waals surface area contributed by atoms with E-state index in [9.17, 15) is 9.59 Å². The number of allylic oxidation sites excluding steroid dienone is 1. The van der Waals surface area contributed by atoms with Crippen molar-refractivity contribution < 1.29 is 9.59 Å². The lowest BCUT2D eigenvalue weighted by molar-refractivity contribution is -0.125. The fourth-order valence-electron chi connectivity index (χ4n) is 4.41. The van der Waals surface area contributed by atoms with E-state index in [1.807, 2.05) is 53.5 Å². The number of para-hydroxylation sites is 2. The van der Waals surface area contributed by atoms with Crippen LogP contribution in [0.3, 0.4) is 0 Å². The Balaban J connectivity index is 1.57. The quantitative estimate of drug-likeness (QED) is 0.734. The van der Waals surface area contributed by atoms with Gasteiger partial charge in [0.2, 0.25) is 5.91 Å². The molecule has 0 atom stereocenters. The van der Waals surface area contributed by atoms with Gasteiger partial charge in [-0.1, -0.05) is 49.6 Å². The van der Waals surface area contributed by atoms with E-state index < -0.39 is 0 Å². The molecule has 2 aromatic rings. The van der Waals surface area contributed by atoms with E-state index in [0.717, 1.165) is 48.4 Å². The SMILES string of the molecule is CC(=O)C1(/C=C\CC(=O)N2Cc3cccnc3Nc3ccccc32)CCCCC1. The maximum absolute atomic E-state index is 13.2. The highest BCUT2D eigenvalue weighted by atomic mass is 16.2. The predicted octanol–water partition coefficient (Wildman–Crippen LogP) is 5.16. The summed E-state index contributed by atoms with van der Waals surface area (Å²) in [6.07, 6.45) is 11.1. The third-order valence-corrected chi connectivity index (χ3v) is 6.14. The highest BCUT2D eigenvalue weighted by molar-refractivity contribution is 5.99. The summed E-state index contributed by atoms with van der Waals surface area (Å²) >= 11 is 0. The summed E-state index contributed by atoms with van der Waals surface area (Å²) in [7, 11) is 0. The van der Waals surface area contributed by atoms with Crippen molar-refractivity contribution >= 4 is 28.9 Å². The van der Waals surface area contributed by atoms with Gasteiger partial charge in [0.1, 0.15) is 11.6 Å². The minimum absolute atomic E-state index is 0.0155. The second-order valence-electron chi connectivity index (χ2n) is 8.01. The number of aromatic nitrogens is 1. The molecule has 150 valence electrons. The fourth-order valence-corrected chi connectivity index (χ4v) is 4.41. The molecule has 0 saturated heterocycles. The Kier molecular flexibility index (Phi) is 5.47. The number of nitrogens with zero attached hydrogens (tertiary/aromatic N) is 2. The van der Waals surface area contributed by atoms with Crippen molar-refractivity contribution in [1.29, 1.82) is 0 Å². The number of hydrogen-bond donors (Lipinski definition) is 1. The average Bonchev–Trinajstić information content (AvgIpc) is 2.91. The van der Waals surface area contributed by atoms with E-state index in [1.54, 1.807) is 13.1 Å². The summed E-state index contributed by atoms with van der Waals surface area (Å²) in [5.41, 5.74) is 2.32. The normalized spacial score (nSPS) is 17.8. The molecule has 1 aliphatic heterocycles. The number of ketones is 1. The Hall–Kier alpha value is -2.95. The van der Waals surface area contributed by atoms with E-state index in [2.05, 4.69) is 10.3 Å². The number of Topliss-reactive ketones (excluding diaryl/α,β-unsaturated/α-hetero) is 1. The summed E-state index contributed by atoms with van der Waals surface area (Å²) in [4.78, 5) is 31.7. The largest absolute Gasteiger partial charge is 0.338 e. The van der Waals surface area contributed by atoms with Gasteiger partial charge >= 0.3 is 0 Å². The first kappa shape index (κ1) is 19.4. The first-order chi connectivity index (χ1) is 14.1. The second-order valence-corrected chi connectivity index (χ2v) is 8.01. The zero-order chi connectivity index (χ0) is 20.3. The standard InChI is InChI=1S/C24H27N3O2/c1-18(28)24(13-5-2-6-14-24)15-7-12-22(29)27-17-19-9-8-16-25-23(19)26-20-10-3-4-11-21(20)27/h3-4,7-11,15-16H,2,5-6,12-14,17H2,1H3,(H,25,26)/b15-7-. The van der Waals surface area contributed by atoms with Crippen LogP contribution in [0.2, 0.25) is 0 Å². The molecule has 5 heteroatoms. The highest BCUT2D eigenvalue weighted by Gasteiger charge is 2.34. The summed E-state index contributed by atoms with van der Waals surface area (Å²) < 4.78 is 0. The van der Waals surface area contributed by atoms with Gasteiger partial charge in [-0.05, 0) is 38.0 Å². The van der Waals surface area contributed by atoms with Gasteiger partial charge in [0.25, 0.3) is 0 Å². The number of carbonyl (C=O) groups excluding carboxylic acids is 2. The van der Waals surface area contributed by atoms with Gasteiger partial charge in [0.05, 0.1) is 17.9 Å². The molecule has 1 aromatic carbocycles. The van der Waals surface area contributed by atoms with Crippen molar-refractivity contribution in [2.75, 3.05) is 10.2 Å². The van der Waals surface area contributed by atoms with Crippen LogP contribution in [0.15, 0.2) is 54.7 Å². The van der Waals surface area contributed by atoms with Crippen LogP contribution in [0.25, 0.3) is 0 Å². The molecule has 0 radical (unpaired) electrons. The van der Waals surface area contributed by atoms with E-state index in [-0.39, 0.29) is 23.5 Å². The van der Waals surface area contributed by atoms with Crippen LogP contribution in [0.1, 0.15) is 51.0 Å². The first-order valence-corrected chi connectivity index (χ1v) is 10.4. The molecular formula is C24H27N3O2. The molecule has 2 heterocycles. The number of nitrogens with one attached hydrogen (secondary N) is 1. The van der Waals surface area contributed by atoms with Gasteiger partial charge in [0.15, 0.2) is 0 Å². The summed E-state index contributed by atoms with van der Waals surface area (Å²) in [6.45, 7) is 2.15. The van der Waals surface area contributed by atoms with Crippen LogP contribution in [0, 0.1) is 5.41 Å². The Morgan fingerprint density at radius 2 is 1.93 bits per heavy atom. The number of pyridine rings is 1. The predicted molar refractivity (Wildman–Crippen MR) is 115 cm³/mol. The summed E-state index contributed by atoms with van der Waals surface area (Å²) in [6, 6.07) is 11.7. The van der Waals surface area contributed by atoms with E-state index in [1.165, 1.54) is 6.42 Å². The van der Waals surface area contributed by atoms with Crippen molar-refractivity contribution in [3.63, 3.8) is 0 Å². The van der Waals surface area contributed by atoms with Crippen molar-refractivity contribution in [1.82, 2.24) is 4.98 Å². The first-order valence-electron chi connectivity index (χ1n) is 10.4. The zero-order valence-electron chi connectivity index (χ0n) is 16.9. The maximum Gasteiger partial charge on any atom is 0.231 e. The van der Waals surface area contributed by atoms with Crippen LogP contribution in [-0.4, -0.2) is 16.7 Å². The van der Waals surface area contributed by atoms with Crippen molar-refractivity contribution in [2.24, 2.45) is 5.41 Å². The van der Waals surface area contributed by atoms with Crippen molar-refractivity contribution in [3.8, 4) is 0 Å². The minimum Gasteiger partial charge on any atom is -0.338 e. The van der Waals surface area contributed by atoms with E-state index >= 15 is 0 Å². The number of carbonyl (C=O) groups is 2. The van der Waals surface area contributed by atoms with Crippen molar-refractivity contribution in [2.45, 2.75) is 52.0 Å². The summed E-state index contributed by atoms with van der Waals surface area (Å²) in [5, 5.41) is 3.35. The van der Waals surface area contributed by atoms with Gasteiger partial charge < -0.3 is 10.2 Å². The zero-order valence-corrected chi connectivity index (χ0v) is 16.9. The molecule has 0 unspecified atom stereocenters. The Morgan fingerprint density at radius 3 is 2.72 bits per heavy atom. The lowest BCUT2D eigenvalue weighted by Crippen LogP contribution is -2.31. The molecule has 5 nitrogen and oxygen atoms in total. The number of rotatable bonds is 4. The van der Waals surface area contributed by atoms with Gasteiger partial charge in [-0.3, -0.25) is 9.59 Å². The van der Waals surface area contributed by atoms with Gasteiger partial charge in [0, 0.05) is 23.6 Å². The van der Waals surface area contributed by atoms with Crippen molar-refractivity contribution in [3.05, 3.63) is 60.3 Å². The third-order valence-electron chi connectivity index (χ3n) is 6.14. The Bertz CT molecular complexity index is 945. The molecule has 0 spiro atoms. The third kappa shape index (κ3) is 3.95. The van der Waals surface area contributed by atoms with Crippen LogP contribution in [-0.2, 0) is 16.1 Å². The summed E-state index contributed by atoms with van der Waals surface area (Å²) in [5.74, 6) is 1.01. The Morgan fingerprint density at radius 1 is 1.14 bits per heavy atom. The molecular weight excluding hydrogens is 362 g/mol. The molecule has 2 aliphatic rings. The van der Waals surface area contributed by atoms with E-state index in [4.69, 9.17) is 0 Å². The molecule has 4 rings (SSSR count). The molecule has 1 amide bonds. The lowest BCUT2D eigenvalue weighted by atomic mass is 9.71. The second kappa shape index (κ2) is 8.19. The smallest absolute Gasteiger partial charge is 0.231 e. The minimum atomic E-state index is -0.382. The van der Waals surface area contributed by atoms with Gasteiger partial charge in [-0.15, -0.1) is 0 Å². The Labute approximate surface area is 171 Å². The number of hydrogen-bond acceptors (Lipinski definition) is 4. The van der Waals surface area contributed by atoms with Crippen LogP contribution < -0.4 is 10.2 Å². The molecule has 1 saturated carbocycles. The van der Waals surface area contributed by atoms with Gasteiger partial charge in [-0.2, -0.15) is 0 Å². The molecule has 29 heavy (non-hydrogen) atoms. The monoisotopic (exact) mass is 389 g/mol. The molecule has 1 aromatic heterocycles. The van der Waals surface area contributed by atoms with Crippen LogP contribution >= 0.6 is 0 Å². The molecule has 1 N–H and O–H groups in total. The van der Waals surface area contributed by atoms with E-state index in [0.29, 0.717) is 6.54 Å². The number of fused-ring (bicyclic) bond motifs is 2. The average molecular weight is 389 g/mol. The van der Waals surface area contributed by atoms with Crippen LogP contribution in [0.4, 0.5) is 17.2 Å². The molecule has 1 aliphatic carbocycles. The lowest BCUT2D eigenvalue weighted by Gasteiger charge is -2.32. The number of amides is 1. The topological polar surface area (TPSA) is 62.3 Å². The fraction of sp³-hybridized carbons (Fsp3) is 0.375. The van der Waals surface area contributed by atoms with Gasteiger partial charge in [-0.25, -0.2) is 4.98 Å². The maximum atomic E-state index is 13.2. The molecule has 0 bridgehead atoms. The van der Waals surface area contributed by atoms with Crippen LogP contribution in [0.5, 0.6) is 0 Å².